The van der Waals surface area contributed by atoms with Crippen molar-refractivity contribution < 1.29 is 13.7 Å². The molecule has 0 amide bonds. The molecule has 1 heterocycles. The largest absolute Gasteiger partial charge is 0.339 e. The fourth-order valence-corrected chi connectivity index (χ4v) is 1.39. The van der Waals surface area contributed by atoms with E-state index in [0.717, 1.165) is 0 Å². The Morgan fingerprint density at radius 1 is 1.47 bits per heavy atom. The monoisotopic (exact) mass is 234 g/mol. The van der Waals surface area contributed by atoms with Gasteiger partial charge >= 0.3 is 0 Å². The standard InChI is InChI=1S/C12H11FN2O2/c1-7-3-4-9(6-10(7)13)12-14-11(17-15-12)5-8(2)16/h3-4,6H,5H2,1-2H3. The van der Waals surface area contributed by atoms with Gasteiger partial charge in [0.1, 0.15) is 11.6 Å². The van der Waals surface area contributed by atoms with Crippen LogP contribution >= 0.6 is 0 Å². The number of hydrogen-bond donors (Lipinski definition) is 0. The molecule has 0 atom stereocenters. The third kappa shape index (κ3) is 2.55. The van der Waals surface area contributed by atoms with Gasteiger partial charge in [-0.2, -0.15) is 4.98 Å². The minimum atomic E-state index is -0.319. The maximum absolute atomic E-state index is 13.3. The number of benzene rings is 1. The number of aromatic nitrogens is 2. The van der Waals surface area contributed by atoms with Gasteiger partial charge in [-0.05, 0) is 25.5 Å². The molecule has 0 saturated carbocycles. The van der Waals surface area contributed by atoms with Gasteiger partial charge in [-0.25, -0.2) is 4.39 Å². The van der Waals surface area contributed by atoms with Gasteiger partial charge in [0, 0.05) is 5.56 Å². The first-order valence-corrected chi connectivity index (χ1v) is 5.15. The van der Waals surface area contributed by atoms with Gasteiger partial charge in [-0.15, -0.1) is 0 Å². The van der Waals surface area contributed by atoms with Crippen LogP contribution in [0.1, 0.15) is 18.4 Å². The van der Waals surface area contributed by atoms with E-state index in [-0.39, 0.29) is 23.9 Å². The number of rotatable bonds is 3. The van der Waals surface area contributed by atoms with Gasteiger partial charge in [0.05, 0.1) is 6.42 Å². The smallest absolute Gasteiger partial charge is 0.234 e. The number of carbonyl (C=O) groups is 1. The number of ketones is 1. The number of aryl methyl sites for hydroxylation is 1. The van der Waals surface area contributed by atoms with E-state index in [0.29, 0.717) is 17.0 Å². The molecule has 0 N–H and O–H groups in total. The Balaban J connectivity index is 2.30. The van der Waals surface area contributed by atoms with Crippen LogP contribution < -0.4 is 0 Å². The van der Waals surface area contributed by atoms with E-state index >= 15 is 0 Å². The Hall–Kier alpha value is -2.04. The Bertz CT molecular complexity index is 563. The van der Waals surface area contributed by atoms with Gasteiger partial charge < -0.3 is 4.52 Å². The molecule has 2 rings (SSSR count). The maximum Gasteiger partial charge on any atom is 0.234 e. The molecular formula is C12H11FN2O2. The van der Waals surface area contributed by atoms with E-state index < -0.39 is 0 Å². The van der Waals surface area contributed by atoms with Crippen molar-refractivity contribution in [2.75, 3.05) is 0 Å². The lowest BCUT2D eigenvalue weighted by Gasteiger charge is -1.97. The second kappa shape index (κ2) is 4.45. The fourth-order valence-electron chi connectivity index (χ4n) is 1.39. The third-order valence-corrected chi connectivity index (χ3v) is 2.30. The van der Waals surface area contributed by atoms with Crippen LogP contribution in [0.25, 0.3) is 11.4 Å². The fraction of sp³-hybridized carbons (Fsp3) is 0.250. The Morgan fingerprint density at radius 2 is 2.24 bits per heavy atom. The highest BCUT2D eigenvalue weighted by Gasteiger charge is 2.11. The topological polar surface area (TPSA) is 56.0 Å². The first kappa shape index (κ1) is 11.4. The molecule has 0 saturated heterocycles. The summed E-state index contributed by atoms with van der Waals surface area (Å²) >= 11 is 0. The van der Waals surface area contributed by atoms with Crippen molar-refractivity contribution in [3.05, 3.63) is 35.5 Å². The van der Waals surface area contributed by atoms with Crippen LogP contribution in [0.5, 0.6) is 0 Å². The average molecular weight is 234 g/mol. The van der Waals surface area contributed by atoms with Crippen molar-refractivity contribution in [1.29, 1.82) is 0 Å². The number of halogens is 1. The minimum absolute atomic E-state index is 0.0599. The molecule has 0 aliphatic rings. The van der Waals surface area contributed by atoms with E-state index in [4.69, 9.17) is 4.52 Å². The predicted molar refractivity (Wildman–Crippen MR) is 58.8 cm³/mol. The summed E-state index contributed by atoms with van der Waals surface area (Å²) in [6.07, 6.45) is 0.0986. The van der Waals surface area contributed by atoms with Crippen LogP contribution in [0, 0.1) is 12.7 Å². The molecule has 17 heavy (non-hydrogen) atoms. The molecule has 1 aromatic heterocycles. The van der Waals surface area contributed by atoms with E-state index in [1.807, 2.05) is 0 Å². The van der Waals surface area contributed by atoms with Crippen molar-refractivity contribution in [3.63, 3.8) is 0 Å². The van der Waals surface area contributed by atoms with Gasteiger partial charge in [-0.1, -0.05) is 17.3 Å². The lowest BCUT2D eigenvalue weighted by Crippen LogP contribution is -1.96. The Kier molecular flexibility index (Phi) is 2.99. The van der Waals surface area contributed by atoms with E-state index in [2.05, 4.69) is 10.1 Å². The minimum Gasteiger partial charge on any atom is -0.339 e. The molecule has 0 spiro atoms. The highest BCUT2D eigenvalue weighted by Crippen LogP contribution is 2.19. The molecule has 2 aromatic rings. The van der Waals surface area contributed by atoms with E-state index in [1.54, 1.807) is 19.1 Å². The van der Waals surface area contributed by atoms with E-state index in [1.165, 1.54) is 13.0 Å². The summed E-state index contributed by atoms with van der Waals surface area (Å²) in [5.74, 6) is 0.157. The molecule has 1 aromatic carbocycles. The van der Waals surface area contributed by atoms with Gasteiger partial charge in [0.25, 0.3) is 0 Å². The second-order valence-corrected chi connectivity index (χ2v) is 3.85. The van der Waals surface area contributed by atoms with Crippen LogP contribution in [0.4, 0.5) is 4.39 Å². The number of Topliss-reactive ketones (excluding diaryl/α,β-unsaturated/α-hetero) is 1. The van der Waals surface area contributed by atoms with Gasteiger partial charge in [-0.3, -0.25) is 4.79 Å². The van der Waals surface area contributed by atoms with Crippen molar-refractivity contribution in [3.8, 4) is 11.4 Å². The molecule has 0 aliphatic heterocycles. The molecule has 4 nitrogen and oxygen atoms in total. The molecule has 0 bridgehead atoms. The molecule has 88 valence electrons. The quantitative estimate of drug-likeness (QED) is 0.817. The zero-order valence-corrected chi connectivity index (χ0v) is 9.53. The second-order valence-electron chi connectivity index (χ2n) is 3.85. The number of nitrogens with zero attached hydrogens (tertiary/aromatic N) is 2. The average Bonchev–Trinajstić information content (AvgIpc) is 2.69. The van der Waals surface area contributed by atoms with Gasteiger partial charge in [0.2, 0.25) is 11.7 Å². The summed E-state index contributed by atoms with van der Waals surface area (Å²) in [6, 6.07) is 4.70. The first-order valence-electron chi connectivity index (χ1n) is 5.15. The molecule has 0 unspecified atom stereocenters. The van der Waals surface area contributed by atoms with Crippen LogP contribution in [-0.4, -0.2) is 15.9 Å². The van der Waals surface area contributed by atoms with E-state index in [9.17, 15) is 9.18 Å². The van der Waals surface area contributed by atoms with Crippen molar-refractivity contribution >= 4 is 5.78 Å². The van der Waals surface area contributed by atoms with Gasteiger partial charge in [0.15, 0.2) is 0 Å². The summed E-state index contributed by atoms with van der Waals surface area (Å²) < 4.78 is 18.2. The van der Waals surface area contributed by atoms with Crippen LogP contribution in [0.15, 0.2) is 22.7 Å². The SMILES string of the molecule is CC(=O)Cc1nc(-c2ccc(C)c(F)c2)no1. The molecular weight excluding hydrogens is 223 g/mol. The molecule has 0 radical (unpaired) electrons. The zero-order chi connectivity index (χ0) is 12.4. The van der Waals surface area contributed by atoms with Crippen LogP contribution in [0.3, 0.4) is 0 Å². The van der Waals surface area contributed by atoms with Crippen molar-refractivity contribution in [2.24, 2.45) is 0 Å². The maximum atomic E-state index is 13.3. The number of carbonyl (C=O) groups excluding carboxylic acids is 1. The Labute approximate surface area is 97.5 Å². The molecule has 0 aliphatic carbocycles. The lowest BCUT2D eigenvalue weighted by molar-refractivity contribution is -0.116. The summed E-state index contributed by atoms with van der Waals surface area (Å²) in [5, 5.41) is 3.71. The summed E-state index contributed by atoms with van der Waals surface area (Å²) in [4.78, 5) is 14.9. The number of hydrogen-bond acceptors (Lipinski definition) is 4. The summed E-state index contributed by atoms with van der Waals surface area (Å²) in [7, 11) is 0. The first-order chi connectivity index (χ1) is 8.06. The van der Waals surface area contributed by atoms with Crippen molar-refractivity contribution in [1.82, 2.24) is 10.1 Å². The highest BCUT2D eigenvalue weighted by atomic mass is 19.1. The van der Waals surface area contributed by atoms with Crippen LogP contribution in [0.2, 0.25) is 0 Å². The Morgan fingerprint density at radius 3 is 2.88 bits per heavy atom. The predicted octanol–water partition coefficient (Wildman–Crippen LogP) is 2.32. The third-order valence-electron chi connectivity index (χ3n) is 2.30. The zero-order valence-electron chi connectivity index (χ0n) is 9.53. The van der Waals surface area contributed by atoms with Crippen LogP contribution in [-0.2, 0) is 11.2 Å². The molecule has 5 heteroatoms. The lowest BCUT2D eigenvalue weighted by atomic mass is 10.1. The molecule has 0 fully saturated rings. The highest BCUT2D eigenvalue weighted by molar-refractivity contribution is 5.77. The summed E-state index contributed by atoms with van der Waals surface area (Å²) in [6.45, 7) is 3.12. The normalized spacial score (nSPS) is 10.5. The van der Waals surface area contributed by atoms with Crippen molar-refractivity contribution in [2.45, 2.75) is 20.3 Å². The summed E-state index contributed by atoms with van der Waals surface area (Å²) in [5.41, 5.74) is 1.09.